The Morgan fingerprint density at radius 3 is 2.05 bits per heavy atom. The maximum Gasteiger partial charge on any atom is 0.305 e. The Morgan fingerprint density at radius 1 is 0.738 bits per heavy atom. The Bertz CT molecular complexity index is 1830. The summed E-state index contributed by atoms with van der Waals surface area (Å²) in [7, 11) is 0. The number of esters is 1. The predicted molar refractivity (Wildman–Crippen MR) is 174 cm³/mol. The molecule has 42 heavy (non-hydrogen) atoms. The van der Waals surface area contributed by atoms with E-state index in [2.05, 4.69) is 83.6 Å². The molecule has 0 saturated heterocycles. The number of hydrogen-bond acceptors (Lipinski definition) is 5. The number of rotatable bonds is 11. The van der Waals surface area contributed by atoms with Crippen molar-refractivity contribution < 1.29 is 9.53 Å². The van der Waals surface area contributed by atoms with Crippen LogP contribution in [-0.4, -0.2) is 25.7 Å². The molecule has 0 aliphatic carbocycles. The summed E-state index contributed by atoms with van der Waals surface area (Å²) in [5.41, 5.74) is 5.18. The number of benzene rings is 6. The zero-order valence-electron chi connectivity index (χ0n) is 24.2. The number of nitrogens with zero attached hydrogens (tertiary/aromatic N) is 3. The van der Waals surface area contributed by atoms with Crippen molar-refractivity contribution in [3.05, 3.63) is 114 Å². The monoisotopic (exact) mass is 553 g/mol. The van der Waals surface area contributed by atoms with Crippen LogP contribution in [-0.2, 0) is 16.0 Å². The number of carbonyl (C=O) groups excluding carboxylic acids is 1. The van der Waals surface area contributed by atoms with Crippen molar-refractivity contribution >= 4 is 55.3 Å². The third-order valence-corrected chi connectivity index (χ3v) is 7.98. The van der Waals surface area contributed by atoms with E-state index >= 15 is 0 Å². The number of ether oxygens (including phenoxy) is 1. The fourth-order valence-corrected chi connectivity index (χ4v) is 5.71. The minimum atomic E-state index is -0.143. The Balaban J connectivity index is 0.998. The summed E-state index contributed by atoms with van der Waals surface area (Å²) in [6.07, 6.45) is 2.02. The number of anilines is 1. The number of hydrogen-bond donors (Lipinski definition) is 0. The molecule has 0 aromatic heterocycles. The lowest BCUT2D eigenvalue weighted by Crippen LogP contribution is -2.27. The maximum absolute atomic E-state index is 12.6. The quantitative estimate of drug-likeness (QED) is 0.0911. The van der Waals surface area contributed by atoms with Crippen molar-refractivity contribution in [2.24, 2.45) is 10.2 Å². The van der Waals surface area contributed by atoms with Gasteiger partial charge in [0.1, 0.15) is 6.61 Å². The average Bonchev–Trinajstić information content (AvgIpc) is 3.02. The summed E-state index contributed by atoms with van der Waals surface area (Å²) in [4.78, 5) is 14.8. The van der Waals surface area contributed by atoms with Crippen LogP contribution in [0.1, 0.15) is 30.9 Å². The largest absolute Gasteiger partial charge is 0.464 e. The normalized spacial score (nSPS) is 11.7. The number of carbonyl (C=O) groups is 1. The fraction of sp³-hybridized carbons (Fsp3) is 0.216. The van der Waals surface area contributed by atoms with Crippen LogP contribution in [0, 0.1) is 6.92 Å². The molecule has 0 spiro atoms. The molecule has 5 nitrogen and oxygen atoms in total. The number of aryl methyl sites for hydroxylation is 2. The highest BCUT2D eigenvalue weighted by Gasteiger charge is 2.12. The summed E-state index contributed by atoms with van der Waals surface area (Å²) in [6, 6.07) is 35.7. The summed E-state index contributed by atoms with van der Waals surface area (Å²) in [5.74, 6) is -0.143. The van der Waals surface area contributed by atoms with E-state index in [0.29, 0.717) is 19.6 Å². The van der Waals surface area contributed by atoms with Gasteiger partial charge in [-0.25, -0.2) is 0 Å². The molecule has 0 aliphatic heterocycles. The molecule has 0 unspecified atom stereocenters. The van der Waals surface area contributed by atoms with Gasteiger partial charge in [-0.1, -0.05) is 72.3 Å². The molecule has 0 heterocycles. The third kappa shape index (κ3) is 5.96. The van der Waals surface area contributed by atoms with Gasteiger partial charge in [0.15, 0.2) is 0 Å². The lowest BCUT2D eigenvalue weighted by atomic mass is 9.90. The topological polar surface area (TPSA) is 54.3 Å². The van der Waals surface area contributed by atoms with E-state index in [4.69, 9.17) is 4.74 Å². The van der Waals surface area contributed by atoms with Crippen molar-refractivity contribution in [3.8, 4) is 0 Å². The molecule has 0 amide bonds. The summed E-state index contributed by atoms with van der Waals surface area (Å²) in [5, 5.41) is 16.4. The van der Waals surface area contributed by atoms with Gasteiger partial charge in [0.05, 0.1) is 17.9 Å². The molecule has 210 valence electrons. The van der Waals surface area contributed by atoms with Gasteiger partial charge in [0.25, 0.3) is 0 Å². The van der Waals surface area contributed by atoms with Gasteiger partial charge in [-0.05, 0) is 101 Å². The van der Waals surface area contributed by atoms with Crippen LogP contribution < -0.4 is 4.90 Å². The minimum Gasteiger partial charge on any atom is -0.464 e. The highest BCUT2D eigenvalue weighted by atomic mass is 16.5. The maximum atomic E-state index is 12.6. The van der Waals surface area contributed by atoms with Crippen molar-refractivity contribution in [3.63, 3.8) is 0 Å². The molecule has 0 atom stereocenters. The van der Waals surface area contributed by atoms with Crippen LogP contribution in [0.3, 0.4) is 0 Å². The molecule has 0 saturated carbocycles. The Morgan fingerprint density at radius 2 is 1.36 bits per heavy atom. The summed E-state index contributed by atoms with van der Waals surface area (Å²) in [6.45, 7) is 5.97. The van der Waals surface area contributed by atoms with E-state index in [9.17, 15) is 4.79 Å². The second-order valence-corrected chi connectivity index (χ2v) is 10.8. The van der Waals surface area contributed by atoms with Gasteiger partial charge in [-0.3, -0.25) is 4.79 Å². The SMILES string of the molecule is CCN(CCOC(=O)CCCc1ccc2ccc3cccc4ccc1c2c34)c1ccc(N=Nc2ccc(C)cc2)cc1. The van der Waals surface area contributed by atoms with E-state index in [-0.39, 0.29) is 5.97 Å². The molecule has 0 aliphatic rings. The van der Waals surface area contributed by atoms with Gasteiger partial charge in [0.2, 0.25) is 0 Å². The van der Waals surface area contributed by atoms with Crippen LogP contribution in [0.15, 0.2) is 113 Å². The van der Waals surface area contributed by atoms with Gasteiger partial charge in [0, 0.05) is 18.7 Å². The van der Waals surface area contributed by atoms with Gasteiger partial charge >= 0.3 is 5.97 Å². The zero-order chi connectivity index (χ0) is 28.9. The molecular formula is C37H35N3O2. The lowest BCUT2D eigenvalue weighted by Gasteiger charge is -2.23. The molecule has 0 bridgehead atoms. The second-order valence-electron chi connectivity index (χ2n) is 10.8. The van der Waals surface area contributed by atoms with Crippen LogP contribution >= 0.6 is 0 Å². The van der Waals surface area contributed by atoms with E-state index in [1.54, 1.807) is 0 Å². The molecule has 6 aromatic carbocycles. The molecule has 5 heteroatoms. The van der Waals surface area contributed by atoms with E-state index in [0.717, 1.165) is 36.4 Å². The van der Waals surface area contributed by atoms with E-state index in [1.807, 2.05) is 48.5 Å². The van der Waals surface area contributed by atoms with Crippen molar-refractivity contribution in [1.82, 2.24) is 0 Å². The Kier molecular flexibility index (Phi) is 8.09. The van der Waals surface area contributed by atoms with E-state index in [1.165, 1.54) is 43.4 Å². The zero-order valence-corrected chi connectivity index (χ0v) is 24.2. The number of likely N-dealkylation sites (N-methyl/N-ethyl adjacent to an activating group) is 1. The number of azo groups is 1. The highest BCUT2D eigenvalue weighted by molar-refractivity contribution is 6.23. The molecular weight excluding hydrogens is 518 g/mol. The molecule has 6 rings (SSSR count). The molecule has 0 radical (unpaired) electrons. The Labute approximate surface area is 246 Å². The van der Waals surface area contributed by atoms with E-state index < -0.39 is 0 Å². The van der Waals surface area contributed by atoms with Gasteiger partial charge in [-0.2, -0.15) is 10.2 Å². The smallest absolute Gasteiger partial charge is 0.305 e. The first-order chi connectivity index (χ1) is 20.6. The van der Waals surface area contributed by atoms with Crippen LogP contribution in [0.5, 0.6) is 0 Å². The van der Waals surface area contributed by atoms with Crippen molar-refractivity contribution in [1.29, 1.82) is 0 Å². The van der Waals surface area contributed by atoms with Crippen molar-refractivity contribution in [2.45, 2.75) is 33.1 Å². The van der Waals surface area contributed by atoms with Crippen LogP contribution in [0.2, 0.25) is 0 Å². The third-order valence-electron chi connectivity index (χ3n) is 7.98. The average molecular weight is 554 g/mol. The lowest BCUT2D eigenvalue weighted by molar-refractivity contribution is -0.143. The van der Waals surface area contributed by atoms with Crippen LogP contribution in [0.4, 0.5) is 17.1 Å². The van der Waals surface area contributed by atoms with Gasteiger partial charge in [-0.15, -0.1) is 0 Å². The summed E-state index contributed by atoms with van der Waals surface area (Å²) >= 11 is 0. The first-order valence-electron chi connectivity index (χ1n) is 14.7. The van der Waals surface area contributed by atoms with Gasteiger partial charge < -0.3 is 9.64 Å². The highest BCUT2D eigenvalue weighted by Crippen LogP contribution is 2.36. The Hall–Kier alpha value is -4.77. The fourth-order valence-electron chi connectivity index (χ4n) is 5.71. The first kappa shape index (κ1) is 27.4. The van der Waals surface area contributed by atoms with Crippen molar-refractivity contribution in [2.75, 3.05) is 24.6 Å². The predicted octanol–water partition coefficient (Wildman–Crippen LogP) is 9.70. The summed E-state index contributed by atoms with van der Waals surface area (Å²) < 4.78 is 5.62. The standard InChI is InChI=1S/C37H35N3O2/c1-3-40(33-21-19-32(20-22-33)39-38-31-17-10-26(2)11-18-31)24-25-42-35(41)9-5-6-27-12-13-30-15-14-28-7-4-8-29-16-23-34(27)37(30)36(28)29/h4,7-8,10-23H,3,5-6,9,24-25H2,1-2H3. The van der Waals surface area contributed by atoms with Crippen LogP contribution in [0.25, 0.3) is 32.3 Å². The minimum absolute atomic E-state index is 0.143. The molecule has 6 aromatic rings. The molecule has 0 fully saturated rings. The molecule has 0 N–H and O–H groups in total. The second kappa shape index (κ2) is 12.4. The first-order valence-corrected chi connectivity index (χ1v) is 14.7.